The Hall–Kier alpha value is -1.30. The summed E-state index contributed by atoms with van der Waals surface area (Å²) in [7, 11) is 0. The van der Waals surface area contributed by atoms with E-state index in [1.165, 1.54) is 11.8 Å². The molecule has 0 aliphatic rings. The largest absolute Gasteiger partial charge is 0.481 e. The number of aliphatic carboxylic acids is 1. The van der Waals surface area contributed by atoms with E-state index in [-0.39, 0.29) is 12.2 Å². The standard InChI is InChI=1S/C9H13N3O2S/c1-3-15-9-11-5(2)6(4-7(13)14)8(10)12-9/h3-4H2,1-2H3,(H,13,14)(H2,10,11,12). The molecule has 0 spiro atoms. The van der Waals surface area contributed by atoms with Crippen LogP contribution in [0.15, 0.2) is 5.16 Å². The first kappa shape index (κ1) is 11.8. The van der Waals surface area contributed by atoms with Crippen molar-refractivity contribution in [2.75, 3.05) is 11.5 Å². The molecule has 1 aromatic rings. The minimum Gasteiger partial charge on any atom is -0.481 e. The molecule has 0 aliphatic heterocycles. The van der Waals surface area contributed by atoms with Crippen LogP contribution in [0.4, 0.5) is 5.82 Å². The Labute approximate surface area is 92.1 Å². The zero-order valence-electron chi connectivity index (χ0n) is 8.65. The van der Waals surface area contributed by atoms with Crippen molar-refractivity contribution < 1.29 is 9.90 Å². The van der Waals surface area contributed by atoms with Crippen LogP contribution in [-0.4, -0.2) is 26.8 Å². The Morgan fingerprint density at radius 3 is 2.67 bits per heavy atom. The number of hydrogen-bond acceptors (Lipinski definition) is 5. The summed E-state index contributed by atoms with van der Waals surface area (Å²) in [6, 6.07) is 0. The lowest BCUT2D eigenvalue weighted by Gasteiger charge is -2.07. The molecule has 0 bridgehead atoms. The first-order valence-electron chi connectivity index (χ1n) is 4.52. The van der Waals surface area contributed by atoms with Gasteiger partial charge in [0.1, 0.15) is 5.82 Å². The van der Waals surface area contributed by atoms with E-state index in [9.17, 15) is 4.79 Å². The average Bonchev–Trinajstić information content (AvgIpc) is 2.11. The predicted molar refractivity (Wildman–Crippen MR) is 58.9 cm³/mol. The first-order chi connectivity index (χ1) is 7.04. The fourth-order valence-electron chi connectivity index (χ4n) is 1.16. The summed E-state index contributed by atoms with van der Waals surface area (Å²) < 4.78 is 0. The van der Waals surface area contributed by atoms with Crippen LogP contribution in [0.1, 0.15) is 18.2 Å². The van der Waals surface area contributed by atoms with E-state index in [1.54, 1.807) is 6.92 Å². The Morgan fingerprint density at radius 1 is 1.53 bits per heavy atom. The zero-order valence-corrected chi connectivity index (χ0v) is 9.47. The van der Waals surface area contributed by atoms with Gasteiger partial charge < -0.3 is 10.8 Å². The van der Waals surface area contributed by atoms with E-state index in [0.717, 1.165) is 5.75 Å². The number of hydrogen-bond donors (Lipinski definition) is 2. The van der Waals surface area contributed by atoms with Crippen molar-refractivity contribution in [1.29, 1.82) is 0 Å². The van der Waals surface area contributed by atoms with Crippen molar-refractivity contribution in [1.82, 2.24) is 9.97 Å². The molecule has 3 N–H and O–H groups in total. The molecule has 0 saturated carbocycles. The summed E-state index contributed by atoms with van der Waals surface area (Å²) in [4.78, 5) is 18.8. The maximum Gasteiger partial charge on any atom is 0.308 e. The summed E-state index contributed by atoms with van der Waals surface area (Å²) in [5.41, 5.74) is 6.82. The maximum absolute atomic E-state index is 10.6. The number of aryl methyl sites for hydroxylation is 1. The van der Waals surface area contributed by atoms with Crippen molar-refractivity contribution in [3.63, 3.8) is 0 Å². The van der Waals surface area contributed by atoms with E-state index in [2.05, 4.69) is 9.97 Å². The minimum atomic E-state index is -0.927. The molecule has 0 aromatic carbocycles. The molecule has 82 valence electrons. The van der Waals surface area contributed by atoms with Gasteiger partial charge in [0.25, 0.3) is 0 Å². The fourth-order valence-corrected chi connectivity index (χ4v) is 1.78. The summed E-state index contributed by atoms with van der Waals surface area (Å²) in [5, 5.41) is 9.27. The molecule has 6 heteroatoms. The van der Waals surface area contributed by atoms with Gasteiger partial charge in [0, 0.05) is 11.3 Å². The number of aromatic nitrogens is 2. The lowest BCUT2D eigenvalue weighted by atomic mass is 10.1. The van der Waals surface area contributed by atoms with E-state index in [0.29, 0.717) is 16.4 Å². The molecule has 5 nitrogen and oxygen atoms in total. The van der Waals surface area contributed by atoms with Gasteiger partial charge in [0.15, 0.2) is 5.16 Å². The first-order valence-corrected chi connectivity index (χ1v) is 5.50. The van der Waals surface area contributed by atoms with Gasteiger partial charge in [-0.05, 0) is 12.7 Å². The topological polar surface area (TPSA) is 89.1 Å². The number of carboxylic acid groups (broad SMARTS) is 1. The third kappa shape index (κ3) is 3.09. The molecule has 0 unspecified atom stereocenters. The lowest BCUT2D eigenvalue weighted by molar-refractivity contribution is -0.136. The molecular formula is C9H13N3O2S. The number of nitrogens with two attached hydrogens (primary N) is 1. The third-order valence-electron chi connectivity index (χ3n) is 1.83. The van der Waals surface area contributed by atoms with E-state index < -0.39 is 5.97 Å². The van der Waals surface area contributed by atoms with E-state index in [4.69, 9.17) is 10.8 Å². The second-order valence-electron chi connectivity index (χ2n) is 2.96. The van der Waals surface area contributed by atoms with Gasteiger partial charge in [0.05, 0.1) is 6.42 Å². The van der Waals surface area contributed by atoms with E-state index >= 15 is 0 Å². The van der Waals surface area contributed by atoms with Gasteiger partial charge in [-0.1, -0.05) is 18.7 Å². The van der Waals surface area contributed by atoms with Crippen molar-refractivity contribution in [2.24, 2.45) is 0 Å². The summed E-state index contributed by atoms with van der Waals surface area (Å²) >= 11 is 1.48. The Morgan fingerprint density at radius 2 is 2.20 bits per heavy atom. The van der Waals surface area contributed by atoms with Crippen LogP contribution in [0.3, 0.4) is 0 Å². The molecular weight excluding hydrogens is 214 g/mol. The van der Waals surface area contributed by atoms with Crippen LogP contribution in [-0.2, 0) is 11.2 Å². The van der Waals surface area contributed by atoms with Crippen molar-refractivity contribution in [3.8, 4) is 0 Å². The molecule has 0 radical (unpaired) electrons. The second-order valence-corrected chi connectivity index (χ2v) is 4.19. The van der Waals surface area contributed by atoms with Gasteiger partial charge in [-0.2, -0.15) is 0 Å². The summed E-state index contributed by atoms with van der Waals surface area (Å²) in [6.07, 6.45) is -0.130. The van der Waals surface area contributed by atoms with Crippen molar-refractivity contribution in [2.45, 2.75) is 25.4 Å². The van der Waals surface area contributed by atoms with Crippen LogP contribution in [0, 0.1) is 6.92 Å². The number of carboxylic acids is 1. The smallest absolute Gasteiger partial charge is 0.308 e. The quantitative estimate of drug-likeness (QED) is 0.591. The van der Waals surface area contributed by atoms with Gasteiger partial charge >= 0.3 is 5.97 Å². The second kappa shape index (κ2) is 4.97. The highest BCUT2D eigenvalue weighted by Crippen LogP contribution is 2.19. The Kier molecular flexibility index (Phi) is 3.90. The van der Waals surface area contributed by atoms with Crippen LogP contribution in [0.25, 0.3) is 0 Å². The van der Waals surface area contributed by atoms with Gasteiger partial charge in [-0.3, -0.25) is 4.79 Å². The number of thioether (sulfide) groups is 1. The number of rotatable bonds is 4. The predicted octanol–water partition coefficient (Wildman–Crippen LogP) is 1.11. The number of anilines is 1. The fraction of sp³-hybridized carbons (Fsp3) is 0.444. The molecule has 1 heterocycles. The van der Waals surface area contributed by atoms with Gasteiger partial charge in [-0.25, -0.2) is 9.97 Å². The molecule has 1 aromatic heterocycles. The highest BCUT2D eigenvalue weighted by Gasteiger charge is 2.12. The van der Waals surface area contributed by atoms with Crippen LogP contribution < -0.4 is 5.73 Å². The monoisotopic (exact) mass is 227 g/mol. The maximum atomic E-state index is 10.6. The number of carbonyl (C=O) groups is 1. The SMILES string of the molecule is CCSc1nc(C)c(CC(=O)O)c(N)n1. The molecule has 0 saturated heterocycles. The zero-order chi connectivity index (χ0) is 11.4. The van der Waals surface area contributed by atoms with Gasteiger partial charge in [-0.15, -0.1) is 0 Å². The van der Waals surface area contributed by atoms with Crippen LogP contribution in [0.2, 0.25) is 0 Å². The molecule has 0 amide bonds. The van der Waals surface area contributed by atoms with E-state index in [1.807, 2.05) is 6.92 Å². The summed E-state index contributed by atoms with van der Waals surface area (Å²) in [6.45, 7) is 3.74. The number of nitrogen functional groups attached to an aromatic ring is 1. The minimum absolute atomic E-state index is 0.130. The molecule has 0 aliphatic carbocycles. The average molecular weight is 227 g/mol. The Balaban J connectivity index is 3.03. The normalized spacial score (nSPS) is 10.3. The Bertz CT molecular complexity index is 359. The van der Waals surface area contributed by atoms with Crippen molar-refractivity contribution in [3.05, 3.63) is 11.3 Å². The van der Waals surface area contributed by atoms with Crippen molar-refractivity contribution >= 4 is 23.5 Å². The highest BCUT2D eigenvalue weighted by molar-refractivity contribution is 7.99. The summed E-state index contributed by atoms with van der Waals surface area (Å²) in [5.74, 6) is 0.196. The van der Waals surface area contributed by atoms with Gasteiger partial charge in [0.2, 0.25) is 0 Å². The highest BCUT2D eigenvalue weighted by atomic mass is 32.2. The molecule has 15 heavy (non-hydrogen) atoms. The lowest BCUT2D eigenvalue weighted by Crippen LogP contribution is -2.09. The molecule has 0 atom stereocenters. The van der Waals surface area contributed by atoms with Crippen LogP contribution in [0.5, 0.6) is 0 Å². The van der Waals surface area contributed by atoms with Crippen LogP contribution >= 0.6 is 11.8 Å². The number of nitrogens with zero attached hydrogens (tertiary/aromatic N) is 2. The molecule has 1 rings (SSSR count). The molecule has 0 fully saturated rings. The third-order valence-corrected chi connectivity index (χ3v) is 2.56.